The smallest absolute Gasteiger partial charge is 0.154 e. The fraction of sp³-hybridized carbons (Fsp3) is 0.0909. The highest BCUT2D eigenvalue weighted by molar-refractivity contribution is 9.10. The molecule has 2 nitrogen and oxygen atoms in total. The summed E-state index contributed by atoms with van der Waals surface area (Å²) in [5.41, 5.74) is 1.68. The van der Waals surface area contributed by atoms with Gasteiger partial charge in [0.2, 0.25) is 0 Å². The predicted octanol–water partition coefficient (Wildman–Crippen LogP) is 4.24. The molecule has 1 heterocycles. The number of nitrogens with zero attached hydrogens (tertiary/aromatic N) is 2. The van der Waals surface area contributed by atoms with Crippen LogP contribution in [0.4, 0.5) is 0 Å². The molecular weight excluding hydrogens is 304 g/mol. The van der Waals surface area contributed by atoms with Gasteiger partial charge in [-0.3, -0.25) is 0 Å². The second-order valence-electron chi connectivity index (χ2n) is 3.08. The number of hydrogen-bond donors (Lipinski definition) is 0. The number of aromatic nitrogens is 1. The number of rotatable bonds is 2. The fourth-order valence-corrected chi connectivity index (χ4v) is 3.67. The van der Waals surface area contributed by atoms with E-state index in [1.54, 1.807) is 11.3 Å². The quantitative estimate of drug-likeness (QED) is 0.832. The third-order valence-corrected chi connectivity index (χ3v) is 4.66. The summed E-state index contributed by atoms with van der Waals surface area (Å²) in [5, 5.41) is 11.1. The van der Waals surface area contributed by atoms with Crippen LogP contribution in [0.2, 0.25) is 0 Å². The molecule has 0 spiro atoms. The summed E-state index contributed by atoms with van der Waals surface area (Å²) in [4.78, 5) is 5.30. The number of aryl methyl sites for hydroxylation is 1. The van der Waals surface area contributed by atoms with Crippen molar-refractivity contribution in [1.82, 2.24) is 4.98 Å². The van der Waals surface area contributed by atoms with E-state index in [1.165, 1.54) is 11.8 Å². The van der Waals surface area contributed by atoms with Gasteiger partial charge in [-0.15, -0.1) is 11.3 Å². The Balaban J connectivity index is 2.35. The Hall–Kier alpha value is -0.830. The van der Waals surface area contributed by atoms with Gasteiger partial charge in [-0.1, -0.05) is 17.8 Å². The van der Waals surface area contributed by atoms with Crippen LogP contribution in [-0.2, 0) is 0 Å². The van der Waals surface area contributed by atoms with E-state index in [0.717, 1.165) is 19.4 Å². The summed E-state index contributed by atoms with van der Waals surface area (Å²) in [6, 6.07) is 7.93. The van der Waals surface area contributed by atoms with Crippen LogP contribution >= 0.6 is 39.0 Å². The van der Waals surface area contributed by atoms with Gasteiger partial charge in [0.15, 0.2) is 4.34 Å². The lowest BCUT2D eigenvalue weighted by Gasteiger charge is -2.02. The highest BCUT2D eigenvalue weighted by Crippen LogP contribution is 2.34. The molecule has 0 aliphatic rings. The van der Waals surface area contributed by atoms with Gasteiger partial charge in [0.1, 0.15) is 6.07 Å². The van der Waals surface area contributed by atoms with Crippen molar-refractivity contribution >= 4 is 39.0 Å². The van der Waals surface area contributed by atoms with E-state index in [-0.39, 0.29) is 0 Å². The van der Waals surface area contributed by atoms with Gasteiger partial charge >= 0.3 is 0 Å². The number of halogens is 1. The van der Waals surface area contributed by atoms with Crippen LogP contribution in [0, 0.1) is 18.3 Å². The molecule has 0 saturated carbocycles. The molecule has 80 valence electrons. The maximum absolute atomic E-state index is 9.07. The topological polar surface area (TPSA) is 36.7 Å². The molecular formula is C11H7BrN2S2. The lowest BCUT2D eigenvalue weighted by atomic mass is 10.2. The highest BCUT2D eigenvalue weighted by atomic mass is 79.9. The van der Waals surface area contributed by atoms with Gasteiger partial charge in [0, 0.05) is 20.4 Å². The predicted molar refractivity (Wildman–Crippen MR) is 69.8 cm³/mol. The van der Waals surface area contributed by atoms with Gasteiger partial charge in [0.25, 0.3) is 0 Å². The SMILES string of the molecule is Cc1csc(Sc2cccc(Br)c2C#N)n1. The molecule has 1 aromatic heterocycles. The third kappa shape index (κ3) is 2.46. The average Bonchev–Trinajstić information content (AvgIpc) is 2.64. The van der Waals surface area contributed by atoms with E-state index >= 15 is 0 Å². The van der Waals surface area contributed by atoms with Gasteiger partial charge in [-0.05, 0) is 35.0 Å². The summed E-state index contributed by atoms with van der Waals surface area (Å²) < 4.78 is 1.79. The van der Waals surface area contributed by atoms with Crippen molar-refractivity contribution in [3.8, 4) is 6.07 Å². The second kappa shape index (κ2) is 5.00. The van der Waals surface area contributed by atoms with Crippen LogP contribution in [0.5, 0.6) is 0 Å². The Morgan fingerprint density at radius 1 is 1.50 bits per heavy atom. The van der Waals surface area contributed by atoms with Crippen molar-refractivity contribution in [2.24, 2.45) is 0 Å². The Bertz CT molecular complexity index is 557. The molecule has 0 atom stereocenters. The van der Waals surface area contributed by atoms with Crippen molar-refractivity contribution in [2.45, 2.75) is 16.2 Å². The molecule has 0 N–H and O–H groups in total. The Morgan fingerprint density at radius 3 is 2.94 bits per heavy atom. The number of thiazole rings is 1. The van der Waals surface area contributed by atoms with E-state index in [4.69, 9.17) is 5.26 Å². The molecule has 0 aliphatic carbocycles. The molecule has 0 fully saturated rings. The van der Waals surface area contributed by atoms with E-state index in [0.29, 0.717) is 5.56 Å². The molecule has 0 aliphatic heterocycles. The van der Waals surface area contributed by atoms with Crippen LogP contribution in [0.3, 0.4) is 0 Å². The van der Waals surface area contributed by atoms with Crippen molar-refractivity contribution < 1.29 is 0 Å². The fourth-order valence-electron chi connectivity index (χ4n) is 1.17. The Morgan fingerprint density at radius 2 is 2.31 bits per heavy atom. The normalized spacial score (nSPS) is 10.1. The third-order valence-electron chi connectivity index (χ3n) is 1.88. The zero-order valence-corrected chi connectivity index (χ0v) is 11.6. The number of nitriles is 1. The summed E-state index contributed by atoms with van der Waals surface area (Å²) in [6.45, 7) is 1.96. The largest absolute Gasteiger partial charge is 0.235 e. The first-order valence-electron chi connectivity index (χ1n) is 4.49. The van der Waals surface area contributed by atoms with Gasteiger partial charge in [0.05, 0.1) is 5.56 Å². The van der Waals surface area contributed by atoms with E-state index < -0.39 is 0 Å². The minimum Gasteiger partial charge on any atom is -0.235 e. The molecule has 2 rings (SSSR count). The number of benzene rings is 1. The van der Waals surface area contributed by atoms with Gasteiger partial charge in [-0.2, -0.15) is 5.26 Å². The molecule has 0 unspecified atom stereocenters. The van der Waals surface area contributed by atoms with Crippen LogP contribution in [0.25, 0.3) is 0 Å². The summed E-state index contributed by atoms with van der Waals surface area (Å²) >= 11 is 6.50. The minimum absolute atomic E-state index is 0.667. The lowest BCUT2D eigenvalue weighted by molar-refractivity contribution is 1.16. The van der Waals surface area contributed by atoms with E-state index in [1.807, 2.05) is 30.5 Å². The first-order chi connectivity index (χ1) is 7.70. The Labute approximate surface area is 110 Å². The summed E-state index contributed by atoms with van der Waals surface area (Å²) in [6.07, 6.45) is 0. The molecule has 5 heteroatoms. The van der Waals surface area contributed by atoms with E-state index in [2.05, 4.69) is 27.0 Å². The van der Waals surface area contributed by atoms with Crippen LogP contribution in [-0.4, -0.2) is 4.98 Å². The molecule has 1 aromatic carbocycles. The standard InChI is InChI=1S/C11H7BrN2S2/c1-7-6-15-11(14-7)16-10-4-2-3-9(12)8(10)5-13/h2-4,6H,1H3. The van der Waals surface area contributed by atoms with Crippen molar-refractivity contribution in [3.05, 3.63) is 39.3 Å². The summed E-state index contributed by atoms with van der Waals surface area (Å²) in [5.74, 6) is 0. The molecule has 0 saturated heterocycles. The zero-order chi connectivity index (χ0) is 11.5. The maximum Gasteiger partial charge on any atom is 0.154 e. The van der Waals surface area contributed by atoms with Crippen molar-refractivity contribution in [2.75, 3.05) is 0 Å². The maximum atomic E-state index is 9.07. The van der Waals surface area contributed by atoms with E-state index in [9.17, 15) is 0 Å². The first-order valence-corrected chi connectivity index (χ1v) is 6.98. The molecule has 0 bridgehead atoms. The zero-order valence-electron chi connectivity index (χ0n) is 8.40. The second-order valence-corrected chi connectivity index (χ2v) is 6.08. The minimum atomic E-state index is 0.667. The molecule has 16 heavy (non-hydrogen) atoms. The molecule has 2 aromatic rings. The molecule has 0 amide bonds. The van der Waals surface area contributed by atoms with Crippen LogP contribution in [0.15, 0.2) is 37.3 Å². The summed E-state index contributed by atoms with van der Waals surface area (Å²) in [7, 11) is 0. The lowest BCUT2D eigenvalue weighted by Crippen LogP contribution is -1.82. The van der Waals surface area contributed by atoms with Crippen LogP contribution in [0.1, 0.15) is 11.3 Å². The van der Waals surface area contributed by atoms with Gasteiger partial charge in [-0.25, -0.2) is 4.98 Å². The van der Waals surface area contributed by atoms with Crippen LogP contribution < -0.4 is 0 Å². The van der Waals surface area contributed by atoms with Gasteiger partial charge < -0.3 is 0 Å². The number of hydrogen-bond acceptors (Lipinski definition) is 4. The van der Waals surface area contributed by atoms with Crippen molar-refractivity contribution in [3.63, 3.8) is 0 Å². The monoisotopic (exact) mass is 310 g/mol. The average molecular weight is 311 g/mol. The first kappa shape index (κ1) is 11.6. The Kier molecular flexibility index (Phi) is 3.64. The highest BCUT2D eigenvalue weighted by Gasteiger charge is 2.09. The van der Waals surface area contributed by atoms with Crippen molar-refractivity contribution in [1.29, 1.82) is 5.26 Å². The molecule has 0 radical (unpaired) electrons.